The van der Waals surface area contributed by atoms with E-state index in [1.165, 1.54) is 38.0 Å². The number of anilines is 1. The van der Waals surface area contributed by atoms with E-state index in [2.05, 4.69) is 31.8 Å². The van der Waals surface area contributed by atoms with Gasteiger partial charge in [0.25, 0.3) is 0 Å². The van der Waals surface area contributed by atoms with Gasteiger partial charge in [0.2, 0.25) is 0 Å². The minimum atomic E-state index is 0.119. The first kappa shape index (κ1) is 13.4. The van der Waals surface area contributed by atoms with Gasteiger partial charge in [-0.3, -0.25) is 4.90 Å². The lowest BCUT2D eigenvalue weighted by molar-refractivity contribution is 0.272. The van der Waals surface area contributed by atoms with Gasteiger partial charge in [0.1, 0.15) is 0 Å². The average Bonchev–Trinajstić information content (AvgIpc) is 2.76. The molecule has 1 aromatic carbocycles. The second-order valence-electron chi connectivity index (χ2n) is 5.56. The van der Waals surface area contributed by atoms with Crippen molar-refractivity contribution in [3.63, 3.8) is 0 Å². The van der Waals surface area contributed by atoms with E-state index in [0.717, 1.165) is 23.1 Å². The summed E-state index contributed by atoms with van der Waals surface area (Å²) < 4.78 is 1.09. The lowest BCUT2D eigenvalue weighted by Crippen LogP contribution is -2.37. The summed E-state index contributed by atoms with van der Waals surface area (Å²) in [6.45, 7) is 4.81. The third-order valence-corrected chi connectivity index (χ3v) is 4.86. The molecule has 0 radical (unpaired) electrons. The molecule has 1 aromatic rings. The number of halogens is 1. The van der Waals surface area contributed by atoms with Crippen LogP contribution in [-0.4, -0.2) is 42.2 Å². The first-order valence-electron chi connectivity index (χ1n) is 7.16. The summed E-state index contributed by atoms with van der Waals surface area (Å²) in [7, 11) is 0. The molecule has 0 amide bonds. The van der Waals surface area contributed by atoms with Crippen LogP contribution >= 0.6 is 15.9 Å². The van der Waals surface area contributed by atoms with Crippen molar-refractivity contribution in [2.45, 2.75) is 31.9 Å². The van der Waals surface area contributed by atoms with Crippen LogP contribution in [0.1, 0.15) is 24.8 Å². The van der Waals surface area contributed by atoms with Gasteiger partial charge in [-0.05, 0) is 37.9 Å². The molecule has 1 atom stereocenters. The number of aliphatic hydroxyl groups excluding tert-OH is 1. The van der Waals surface area contributed by atoms with Gasteiger partial charge in [0.15, 0.2) is 0 Å². The van der Waals surface area contributed by atoms with E-state index in [1.54, 1.807) is 0 Å². The fourth-order valence-electron chi connectivity index (χ4n) is 3.39. The third kappa shape index (κ3) is 2.81. The molecule has 0 bridgehead atoms. The van der Waals surface area contributed by atoms with Crippen LogP contribution in [0.3, 0.4) is 0 Å². The molecule has 3 rings (SSSR count). The van der Waals surface area contributed by atoms with Gasteiger partial charge in [0.05, 0.1) is 6.61 Å². The molecule has 0 aromatic heterocycles. The van der Waals surface area contributed by atoms with Crippen molar-refractivity contribution in [3.05, 3.63) is 28.2 Å². The summed E-state index contributed by atoms with van der Waals surface area (Å²) in [5, 5.41) is 9.55. The minimum Gasteiger partial charge on any atom is -0.392 e. The minimum absolute atomic E-state index is 0.119. The van der Waals surface area contributed by atoms with E-state index in [0.29, 0.717) is 6.04 Å². The number of hydrogen-bond acceptors (Lipinski definition) is 3. The highest BCUT2D eigenvalue weighted by atomic mass is 79.9. The summed E-state index contributed by atoms with van der Waals surface area (Å²) in [5.41, 5.74) is 2.24. The Balaban J connectivity index is 1.86. The smallest absolute Gasteiger partial charge is 0.0702 e. The van der Waals surface area contributed by atoms with Gasteiger partial charge in [-0.2, -0.15) is 0 Å². The number of fused-ring (bicyclic) bond motifs is 1. The first-order chi connectivity index (χ1) is 9.28. The van der Waals surface area contributed by atoms with Crippen LogP contribution in [0, 0.1) is 0 Å². The Kier molecular flexibility index (Phi) is 4.10. The zero-order chi connectivity index (χ0) is 13.2. The number of aliphatic hydroxyl groups is 1. The Bertz CT molecular complexity index is 452. The average molecular weight is 325 g/mol. The molecule has 4 heteroatoms. The van der Waals surface area contributed by atoms with E-state index in [1.807, 2.05) is 12.1 Å². The molecule has 2 saturated heterocycles. The Labute approximate surface area is 123 Å². The highest BCUT2D eigenvalue weighted by molar-refractivity contribution is 9.10. The van der Waals surface area contributed by atoms with Crippen molar-refractivity contribution < 1.29 is 5.11 Å². The Morgan fingerprint density at radius 3 is 2.89 bits per heavy atom. The van der Waals surface area contributed by atoms with Crippen LogP contribution in [0.5, 0.6) is 0 Å². The maximum atomic E-state index is 9.55. The molecule has 104 valence electrons. The van der Waals surface area contributed by atoms with Crippen LogP contribution in [0.25, 0.3) is 0 Å². The van der Waals surface area contributed by atoms with Crippen molar-refractivity contribution >= 4 is 21.6 Å². The summed E-state index contributed by atoms with van der Waals surface area (Å²) >= 11 is 3.55. The number of nitrogens with zero attached hydrogens (tertiary/aromatic N) is 2. The first-order valence-corrected chi connectivity index (χ1v) is 7.95. The molecule has 1 unspecified atom stereocenters. The Morgan fingerprint density at radius 1 is 1.21 bits per heavy atom. The van der Waals surface area contributed by atoms with E-state index in [4.69, 9.17) is 0 Å². The van der Waals surface area contributed by atoms with Crippen molar-refractivity contribution in [2.24, 2.45) is 0 Å². The van der Waals surface area contributed by atoms with Gasteiger partial charge < -0.3 is 10.0 Å². The van der Waals surface area contributed by atoms with Gasteiger partial charge in [-0.15, -0.1) is 0 Å². The monoisotopic (exact) mass is 324 g/mol. The number of benzene rings is 1. The fraction of sp³-hybridized carbons (Fsp3) is 0.600. The van der Waals surface area contributed by atoms with Gasteiger partial charge in [-0.1, -0.05) is 22.0 Å². The number of hydrogen-bond donors (Lipinski definition) is 1. The van der Waals surface area contributed by atoms with E-state index in [9.17, 15) is 5.11 Å². The largest absolute Gasteiger partial charge is 0.392 e. The van der Waals surface area contributed by atoms with Crippen LogP contribution in [0.4, 0.5) is 5.69 Å². The van der Waals surface area contributed by atoms with Crippen molar-refractivity contribution in [3.8, 4) is 0 Å². The maximum absolute atomic E-state index is 9.55. The number of rotatable bonds is 2. The van der Waals surface area contributed by atoms with E-state index < -0.39 is 0 Å². The predicted molar refractivity (Wildman–Crippen MR) is 81.5 cm³/mol. The SMILES string of the molecule is OCc1ccc(Br)cc1N1CCCN2CCCC2C1. The van der Waals surface area contributed by atoms with Gasteiger partial charge in [0, 0.05) is 41.4 Å². The molecular formula is C15H21BrN2O. The maximum Gasteiger partial charge on any atom is 0.0702 e. The zero-order valence-electron chi connectivity index (χ0n) is 11.2. The van der Waals surface area contributed by atoms with Crippen molar-refractivity contribution in [1.82, 2.24) is 4.90 Å². The lowest BCUT2D eigenvalue weighted by atomic mass is 10.1. The molecule has 19 heavy (non-hydrogen) atoms. The molecule has 0 saturated carbocycles. The zero-order valence-corrected chi connectivity index (χ0v) is 12.8. The van der Waals surface area contributed by atoms with Crippen molar-refractivity contribution in [2.75, 3.05) is 31.1 Å². The molecule has 2 heterocycles. The van der Waals surface area contributed by atoms with Crippen LogP contribution in [0.2, 0.25) is 0 Å². The molecule has 2 fully saturated rings. The standard InChI is InChI=1S/C15H21BrN2O/c16-13-5-4-12(11-19)15(9-13)18-8-2-7-17-6-1-3-14(17)10-18/h4-5,9,14,19H,1-3,6-8,10-11H2. The summed E-state index contributed by atoms with van der Waals surface area (Å²) in [6, 6.07) is 6.88. The molecule has 0 aliphatic carbocycles. The molecule has 1 N–H and O–H groups in total. The van der Waals surface area contributed by atoms with Gasteiger partial charge in [-0.25, -0.2) is 0 Å². The quantitative estimate of drug-likeness (QED) is 0.905. The third-order valence-electron chi connectivity index (χ3n) is 4.36. The second-order valence-corrected chi connectivity index (χ2v) is 6.48. The summed E-state index contributed by atoms with van der Waals surface area (Å²) in [6.07, 6.45) is 3.87. The van der Waals surface area contributed by atoms with Gasteiger partial charge >= 0.3 is 0 Å². The topological polar surface area (TPSA) is 26.7 Å². The normalized spacial score (nSPS) is 24.3. The fourth-order valence-corrected chi connectivity index (χ4v) is 3.74. The Morgan fingerprint density at radius 2 is 2.05 bits per heavy atom. The van der Waals surface area contributed by atoms with E-state index in [-0.39, 0.29) is 6.61 Å². The molecule has 0 spiro atoms. The van der Waals surface area contributed by atoms with Crippen molar-refractivity contribution in [1.29, 1.82) is 0 Å². The highest BCUT2D eigenvalue weighted by Gasteiger charge is 2.29. The molecule has 3 nitrogen and oxygen atoms in total. The van der Waals surface area contributed by atoms with Crippen LogP contribution in [0.15, 0.2) is 22.7 Å². The Hall–Kier alpha value is -0.580. The summed E-state index contributed by atoms with van der Waals surface area (Å²) in [4.78, 5) is 5.10. The predicted octanol–water partition coefficient (Wildman–Crippen LogP) is 2.62. The van der Waals surface area contributed by atoms with E-state index >= 15 is 0 Å². The highest BCUT2D eigenvalue weighted by Crippen LogP contribution is 2.29. The molecule has 2 aliphatic heterocycles. The van der Waals surface area contributed by atoms with Crippen LogP contribution < -0.4 is 4.90 Å². The molecular weight excluding hydrogens is 304 g/mol. The lowest BCUT2D eigenvalue weighted by Gasteiger charge is -2.29. The summed E-state index contributed by atoms with van der Waals surface area (Å²) in [5.74, 6) is 0. The molecule has 2 aliphatic rings. The second kappa shape index (κ2) is 5.81. The van der Waals surface area contributed by atoms with Crippen LogP contribution in [-0.2, 0) is 6.61 Å².